The van der Waals surface area contributed by atoms with Crippen molar-refractivity contribution in [3.8, 4) is 0 Å². The second kappa shape index (κ2) is 6.49. The number of nitrogens with one attached hydrogen (secondary N) is 1. The molecule has 0 saturated heterocycles. The lowest BCUT2D eigenvalue weighted by atomic mass is 10.1. The Morgan fingerprint density at radius 1 is 1.05 bits per heavy atom. The van der Waals surface area contributed by atoms with Crippen LogP contribution >= 0.6 is 0 Å². The van der Waals surface area contributed by atoms with Gasteiger partial charge < -0.3 is 11.1 Å². The SMILES string of the molecule is NC(=O)c1ccc(NC(=O)Cc2ccc([N+](=O)[O-])cc2)cc1. The number of carbonyl (C=O) groups excluding carboxylic acids is 2. The molecule has 0 fully saturated rings. The number of benzene rings is 2. The van der Waals surface area contributed by atoms with Gasteiger partial charge in [-0.3, -0.25) is 19.7 Å². The first-order valence-electron chi connectivity index (χ1n) is 6.39. The van der Waals surface area contributed by atoms with Crippen molar-refractivity contribution in [1.29, 1.82) is 0 Å². The highest BCUT2D eigenvalue weighted by molar-refractivity contribution is 5.95. The van der Waals surface area contributed by atoms with Gasteiger partial charge in [0.25, 0.3) is 5.69 Å². The predicted molar refractivity (Wildman–Crippen MR) is 80.4 cm³/mol. The van der Waals surface area contributed by atoms with Gasteiger partial charge in [-0.2, -0.15) is 0 Å². The van der Waals surface area contributed by atoms with Crippen molar-refractivity contribution < 1.29 is 14.5 Å². The van der Waals surface area contributed by atoms with Crippen molar-refractivity contribution >= 4 is 23.2 Å². The van der Waals surface area contributed by atoms with E-state index in [1.54, 1.807) is 12.1 Å². The zero-order valence-corrected chi connectivity index (χ0v) is 11.5. The molecule has 22 heavy (non-hydrogen) atoms. The first-order valence-corrected chi connectivity index (χ1v) is 6.39. The van der Waals surface area contributed by atoms with Gasteiger partial charge in [0.2, 0.25) is 11.8 Å². The minimum absolute atomic E-state index is 0.0220. The number of hydrogen-bond acceptors (Lipinski definition) is 4. The second-order valence-corrected chi connectivity index (χ2v) is 4.59. The smallest absolute Gasteiger partial charge is 0.269 e. The molecular weight excluding hydrogens is 286 g/mol. The molecule has 7 heteroatoms. The molecule has 0 spiro atoms. The van der Waals surface area contributed by atoms with Gasteiger partial charge in [-0.05, 0) is 29.8 Å². The minimum atomic E-state index is -0.538. The Bertz CT molecular complexity index is 647. The fourth-order valence-electron chi connectivity index (χ4n) is 1.84. The van der Waals surface area contributed by atoms with E-state index in [1.165, 1.54) is 36.4 Å². The fraction of sp³-hybridized carbons (Fsp3) is 0.0667. The van der Waals surface area contributed by atoms with E-state index < -0.39 is 10.8 Å². The van der Waals surface area contributed by atoms with Crippen LogP contribution in [0, 0.1) is 10.1 Å². The molecule has 0 unspecified atom stereocenters. The van der Waals surface area contributed by atoms with Gasteiger partial charge in [-0.25, -0.2) is 0 Å². The number of primary amides is 1. The first kappa shape index (κ1) is 15.2. The monoisotopic (exact) mass is 299 g/mol. The maximum Gasteiger partial charge on any atom is 0.269 e. The molecule has 2 rings (SSSR count). The van der Waals surface area contributed by atoms with E-state index in [2.05, 4.69) is 5.32 Å². The lowest BCUT2D eigenvalue weighted by molar-refractivity contribution is -0.384. The molecule has 112 valence electrons. The number of nitrogens with two attached hydrogens (primary N) is 1. The number of amides is 2. The van der Waals surface area contributed by atoms with Crippen LogP contribution in [0.4, 0.5) is 11.4 Å². The number of rotatable bonds is 5. The molecule has 0 atom stereocenters. The van der Waals surface area contributed by atoms with Crippen LogP contribution < -0.4 is 11.1 Å². The van der Waals surface area contributed by atoms with Gasteiger partial charge in [-0.1, -0.05) is 12.1 Å². The molecule has 0 aliphatic heterocycles. The Morgan fingerprint density at radius 3 is 2.14 bits per heavy atom. The van der Waals surface area contributed by atoms with Crippen LogP contribution in [0.5, 0.6) is 0 Å². The average Bonchev–Trinajstić information content (AvgIpc) is 2.48. The second-order valence-electron chi connectivity index (χ2n) is 4.59. The van der Waals surface area contributed by atoms with Crippen LogP contribution in [0.3, 0.4) is 0 Å². The molecule has 2 aromatic rings. The first-order chi connectivity index (χ1) is 10.5. The topological polar surface area (TPSA) is 115 Å². The van der Waals surface area contributed by atoms with Crippen molar-refractivity contribution in [3.05, 3.63) is 69.8 Å². The van der Waals surface area contributed by atoms with E-state index in [9.17, 15) is 19.7 Å². The van der Waals surface area contributed by atoms with E-state index in [1.807, 2.05) is 0 Å². The van der Waals surface area contributed by atoms with Gasteiger partial charge in [0.1, 0.15) is 0 Å². The summed E-state index contributed by atoms with van der Waals surface area (Å²) in [5.41, 5.74) is 6.66. The summed E-state index contributed by atoms with van der Waals surface area (Å²) >= 11 is 0. The quantitative estimate of drug-likeness (QED) is 0.647. The van der Waals surface area contributed by atoms with Crippen molar-refractivity contribution in [1.82, 2.24) is 0 Å². The van der Waals surface area contributed by atoms with Gasteiger partial charge in [0, 0.05) is 23.4 Å². The third-order valence-corrected chi connectivity index (χ3v) is 2.97. The highest BCUT2D eigenvalue weighted by atomic mass is 16.6. The van der Waals surface area contributed by atoms with E-state index in [0.717, 1.165) is 0 Å². The summed E-state index contributed by atoms with van der Waals surface area (Å²) in [6, 6.07) is 12.0. The van der Waals surface area contributed by atoms with Crippen molar-refractivity contribution in [2.75, 3.05) is 5.32 Å². The molecule has 0 heterocycles. The Kier molecular flexibility index (Phi) is 4.47. The average molecular weight is 299 g/mol. The van der Waals surface area contributed by atoms with Crippen LogP contribution in [0.2, 0.25) is 0 Å². The third kappa shape index (κ3) is 3.89. The lowest BCUT2D eigenvalue weighted by Crippen LogP contribution is -2.15. The molecule has 0 aliphatic rings. The van der Waals surface area contributed by atoms with Crippen LogP contribution in [-0.4, -0.2) is 16.7 Å². The van der Waals surface area contributed by atoms with Crippen LogP contribution in [0.15, 0.2) is 48.5 Å². The summed E-state index contributed by atoms with van der Waals surface area (Å²) in [6.07, 6.45) is 0.0928. The molecule has 0 radical (unpaired) electrons. The molecule has 0 aliphatic carbocycles. The molecule has 3 N–H and O–H groups in total. The highest BCUT2D eigenvalue weighted by Gasteiger charge is 2.08. The summed E-state index contributed by atoms with van der Waals surface area (Å²) in [5, 5.41) is 13.2. The van der Waals surface area contributed by atoms with Crippen LogP contribution in [0.25, 0.3) is 0 Å². The van der Waals surface area contributed by atoms with E-state index >= 15 is 0 Å². The van der Waals surface area contributed by atoms with Crippen molar-refractivity contribution in [3.63, 3.8) is 0 Å². The lowest BCUT2D eigenvalue weighted by Gasteiger charge is -2.06. The zero-order chi connectivity index (χ0) is 16.1. The number of nitro groups is 1. The summed E-state index contributed by atoms with van der Waals surface area (Å²) in [4.78, 5) is 32.9. The Hall–Kier alpha value is -3.22. The molecule has 7 nitrogen and oxygen atoms in total. The number of carbonyl (C=O) groups is 2. The molecule has 0 aromatic heterocycles. The van der Waals surface area contributed by atoms with Gasteiger partial charge in [0.15, 0.2) is 0 Å². The summed E-state index contributed by atoms with van der Waals surface area (Å²) in [7, 11) is 0. The Balaban J connectivity index is 1.97. The number of nitro benzene ring substituents is 1. The van der Waals surface area contributed by atoms with E-state index in [4.69, 9.17) is 5.73 Å². The van der Waals surface area contributed by atoms with Gasteiger partial charge in [0.05, 0.1) is 11.3 Å². The van der Waals surface area contributed by atoms with Crippen molar-refractivity contribution in [2.24, 2.45) is 5.73 Å². The summed E-state index contributed by atoms with van der Waals surface area (Å²) < 4.78 is 0. The maximum atomic E-state index is 11.9. The number of nitrogens with zero attached hydrogens (tertiary/aromatic N) is 1. The fourth-order valence-corrected chi connectivity index (χ4v) is 1.84. The number of hydrogen-bond donors (Lipinski definition) is 2. The van der Waals surface area contributed by atoms with Crippen LogP contribution in [0.1, 0.15) is 15.9 Å². The molecule has 2 amide bonds. The number of non-ortho nitro benzene ring substituents is 1. The van der Waals surface area contributed by atoms with Crippen LogP contribution in [-0.2, 0) is 11.2 Å². The largest absolute Gasteiger partial charge is 0.366 e. The third-order valence-electron chi connectivity index (χ3n) is 2.97. The molecular formula is C15H13N3O4. The standard InChI is InChI=1S/C15H13N3O4/c16-15(20)11-3-5-12(6-4-11)17-14(19)9-10-1-7-13(8-2-10)18(21)22/h1-8H,9H2,(H2,16,20)(H,17,19). The minimum Gasteiger partial charge on any atom is -0.366 e. The normalized spacial score (nSPS) is 10.0. The van der Waals surface area contributed by atoms with Crippen molar-refractivity contribution in [2.45, 2.75) is 6.42 Å². The Morgan fingerprint density at radius 2 is 1.64 bits per heavy atom. The number of anilines is 1. The van der Waals surface area contributed by atoms with E-state index in [0.29, 0.717) is 16.8 Å². The molecule has 0 saturated carbocycles. The molecule has 0 bridgehead atoms. The van der Waals surface area contributed by atoms with Gasteiger partial charge in [-0.15, -0.1) is 0 Å². The maximum absolute atomic E-state index is 11.9. The predicted octanol–water partition coefficient (Wildman–Crippen LogP) is 1.87. The molecule has 2 aromatic carbocycles. The summed E-state index contributed by atoms with van der Waals surface area (Å²) in [6.45, 7) is 0. The van der Waals surface area contributed by atoms with E-state index in [-0.39, 0.29) is 18.0 Å². The highest BCUT2D eigenvalue weighted by Crippen LogP contribution is 2.14. The Labute approximate surface area is 125 Å². The zero-order valence-electron chi connectivity index (χ0n) is 11.5. The van der Waals surface area contributed by atoms with Gasteiger partial charge >= 0.3 is 0 Å². The summed E-state index contributed by atoms with van der Waals surface area (Å²) in [5.74, 6) is -0.801.